The molecule has 0 spiro atoms. The number of amides is 1. The number of pyridine rings is 1. The van der Waals surface area contributed by atoms with E-state index in [0.29, 0.717) is 17.9 Å². The molecule has 7 heteroatoms. The smallest absolute Gasteiger partial charge is 0.304 e. The van der Waals surface area contributed by atoms with Crippen LogP contribution < -0.4 is 5.32 Å². The lowest BCUT2D eigenvalue weighted by Gasteiger charge is -2.05. The van der Waals surface area contributed by atoms with E-state index in [0.717, 1.165) is 16.7 Å². The van der Waals surface area contributed by atoms with Gasteiger partial charge in [0, 0.05) is 29.6 Å². The first-order valence-electron chi connectivity index (χ1n) is 6.76. The van der Waals surface area contributed by atoms with Crippen LogP contribution in [0.15, 0.2) is 36.5 Å². The zero-order valence-corrected chi connectivity index (χ0v) is 13.5. The van der Waals surface area contributed by atoms with Gasteiger partial charge in [-0.15, -0.1) is 0 Å². The summed E-state index contributed by atoms with van der Waals surface area (Å²) in [6, 6.07) is 9.48. The van der Waals surface area contributed by atoms with Crippen LogP contribution in [0, 0.1) is 0 Å². The van der Waals surface area contributed by atoms with Gasteiger partial charge in [-0.1, -0.05) is 39.8 Å². The highest BCUT2D eigenvalue weighted by molar-refractivity contribution is 8.76. The Morgan fingerprint density at radius 3 is 2.77 bits per heavy atom. The molecule has 116 valence electrons. The Morgan fingerprint density at radius 2 is 1.95 bits per heavy atom. The quantitative estimate of drug-likeness (QED) is 0.570. The third-order valence-corrected chi connectivity index (χ3v) is 5.21. The van der Waals surface area contributed by atoms with Crippen LogP contribution in [0.4, 0.5) is 0 Å². The first kappa shape index (κ1) is 16.6. The molecule has 1 amide bonds. The Labute approximate surface area is 136 Å². The van der Waals surface area contributed by atoms with Crippen molar-refractivity contribution in [2.75, 3.05) is 18.1 Å². The van der Waals surface area contributed by atoms with Crippen molar-refractivity contribution in [2.24, 2.45) is 0 Å². The molecule has 2 aromatic rings. The molecule has 0 aliphatic heterocycles. The molecule has 0 radical (unpaired) electrons. The predicted molar refractivity (Wildman–Crippen MR) is 91.2 cm³/mol. The number of aliphatic carboxylic acids is 1. The van der Waals surface area contributed by atoms with E-state index < -0.39 is 5.97 Å². The molecule has 2 rings (SSSR count). The molecule has 22 heavy (non-hydrogen) atoms. The summed E-state index contributed by atoms with van der Waals surface area (Å²) in [6.45, 7) is 0.538. The van der Waals surface area contributed by atoms with Crippen molar-refractivity contribution in [1.82, 2.24) is 10.3 Å². The topological polar surface area (TPSA) is 79.3 Å². The number of para-hydroxylation sites is 1. The lowest BCUT2D eigenvalue weighted by atomic mass is 10.1. The summed E-state index contributed by atoms with van der Waals surface area (Å²) in [7, 11) is 3.06. The molecule has 0 atom stereocenters. The van der Waals surface area contributed by atoms with Crippen molar-refractivity contribution in [1.29, 1.82) is 0 Å². The fourth-order valence-electron chi connectivity index (χ4n) is 1.75. The lowest BCUT2D eigenvalue weighted by molar-refractivity contribution is -0.136. The summed E-state index contributed by atoms with van der Waals surface area (Å²) in [5, 5.41) is 12.3. The highest BCUT2D eigenvalue weighted by atomic mass is 33.1. The van der Waals surface area contributed by atoms with Gasteiger partial charge >= 0.3 is 5.97 Å². The van der Waals surface area contributed by atoms with Gasteiger partial charge in [0.2, 0.25) is 0 Å². The van der Waals surface area contributed by atoms with Gasteiger partial charge < -0.3 is 10.4 Å². The largest absolute Gasteiger partial charge is 0.481 e. The number of hydrogen-bond donors (Lipinski definition) is 2. The van der Waals surface area contributed by atoms with Crippen LogP contribution in [0.2, 0.25) is 0 Å². The highest BCUT2D eigenvalue weighted by Crippen LogP contribution is 2.21. The number of nitrogens with one attached hydrogen (secondary N) is 1. The van der Waals surface area contributed by atoms with Crippen LogP contribution in [0.5, 0.6) is 0 Å². The highest BCUT2D eigenvalue weighted by Gasteiger charge is 2.06. The molecule has 0 fully saturated rings. The third-order valence-electron chi connectivity index (χ3n) is 2.81. The van der Waals surface area contributed by atoms with Gasteiger partial charge in [-0.25, -0.2) is 0 Å². The minimum absolute atomic E-state index is 0.144. The predicted octanol–water partition coefficient (Wildman–Crippen LogP) is 2.82. The molecular formula is C15H16N2O3S2. The molecule has 5 nitrogen and oxygen atoms in total. The van der Waals surface area contributed by atoms with E-state index >= 15 is 0 Å². The van der Waals surface area contributed by atoms with E-state index in [1.807, 2.05) is 30.3 Å². The Kier molecular flexibility index (Phi) is 6.54. The summed E-state index contributed by atoms with van der Waals surface area (Å²) in [5.41, 5.74) is 1.41. The molecule has 0 saturated carbocycles. The number of benzene rings is 1. The first-order valence-corrected chi connectivity index (χ1v) is 9.25. The maximum Gasteiger partial charge on any atom is 0.304 e. The minimum Gasteiger partial charge on any atom is -0.481 e. The molecule has 1 heterocycles. The summed E-state index contributed by atoms with van der Waals surface area (Å²) in [5.74, 6) is 0.374. The number of carboxylic acid groups (broad SMARTS) is 1. The van der Waals surface area contributed by atoms with Gasteiger partial charge in [0.15, 0.2) is 0 Å². The Bertz CT molecular complexity index is 664. The Hall–Kier alpha value is -1.73. The summed E-state index contributed by atoms with van der Waals surface area (Å²) < 4.78 is 0. The lowest BCUT2D eigenvalue weighted by Crippen LogP contribution is -2.25. The number of fused-ring (bicyclic) bond motifs is 1. The SMILES string of the molecule is O=C(O)CCSSCCNC(=O)c1cnc2ccccc2c1. The molecule has 0 aliphatic carbocycles. The Morgan fingerprint density at radius 1 is 1.18 bits per heavy atom. The van der Waals surface area contributed by atoms with Crippen LogP contribution in [0.3, 0.4) is 0 Å². The van der Waals surface area contributed by atoms with Gasteiger partial charge in [-0.05, 0) is 12.1 Å². The maximum absolute atomic E-state index is 12.0. The van der Waals surface area contributed by atoms with Crippen LogP contribution in [0.1, 0.15) is 16.8 Å². The van der Waals surface area contributed by atoms with Crippen LogP contribution in [-0.4, -0.2) is 40.0 Å². The average molecular weight is 336 g/mol. The second kappa shape index (κ2) is 8.65. The van der Waals surface area contributed by atoms with Crippen molar-refractivity contribution in [2.45, 2.75) is 6.42 Å². The molecule has 1 aromatic heterocycles. The monoisotopic (exact) mass is 336 g/mol. The Balaban J connectivity index is 1.73. The summed E-state index contributed by atoms with van der Waals surface area (Å²) in [6.07, 6.45) is 1.74. The standard InChI is InChI=1S/C15H16N2O3S2/c18-14(19)5-7-21-22-8-6-16-15(20)12-9-11-3-1-2-4-13(11)17-10-12/h1-4,9-10H,5-8H2,(H,16,20)(H,18,19). The van der Waals surface area contributed by atoms with Crippen molar-refractivity contribution >= 4 is 44.4 Å². The van der Waals surface area contributed by atoms with Crippen LogP contribution in [-0.2, 0) is 4.79 Å². The van der Waals surface area contributed by atoms with Gasteiger partial charge in [0.1, 0.15) is 0 Å². The van der Waals surface area contributed by atoms with Crippen LogP contribution in [0.25, 0.3) is 10.9 Å². The number of hydrogen-bond acceptors (Lipinski definition) is 5. The van der Waals surface area contributed by atoms with Gasteiger partial charge in [-0.2, -0.15) is 0 Å². The molecular weight excluding hydrogens is 320 g/mol. The number of aromatic nitrogens is 1. The van der Waals surface area contributed by atoms with E-state index in [-0.39, 0.29) is 12.3 Å². The van der Waals surface area contributed by atoms with Gasteiger partial charge in [0.25, 0.3) is 5.91 Å². The molecule has 2 N–H and O–H groups in total. The number of carbonyl (C=O) groups is 2. The normalized spacial score (nSPS) is 10.5. The van der Waals surface area contributed by atoms with E-state index in [9.17, 15) is 9.59 Å². The minimum atomic E-state index is -0.787. The summed E-state index contributed by atoms with van der Waals surface area (Å²) in [4.78, 5) is 26.6. The molecule has 0 saturated heterocycles. The molecule has 0 aliphatic rings. The zero-order valence-electron chi connectivity index (χ0n) is 11.8. The maximum atomic E-state index is 12.0. The average Bonchev–Trinajstić information content (AvgIpc) is 2.53. The zero-order chi connectivity index (χ0) is 15.8. The third kappa shape index (κ3) is 5.23. The fraction of sp³-hybridized carbons (Fsp3) is 0.267. The summed E-state index contributed by atoms with van der Waals surface area (Å²) >= 11 is 0. The molecule has 0 bridgehead atoms. The van der Waals surface area contributed by atoms with E-state index in [2.05, 4.69) is 10.3 Å². The second-order valence-electron chi connectivity index (χ2n) is 4.46. The number of carboxylic acids is 1. The van der Waals surface area contributed by atoms with Crippen molar-refractivity contribution < 1.29 is 14.7 Å². The van der Waals surface area contributed by atoms with Crippen molar-refractivity contribution in [3.05, 3.63) is 42.1 Å². The molecule has 0 unspecified atom stereocenters. The molecule has 1 aromatic carbocycles. The van der Waals surface area contributed by atoms with Crippen LogP contribution >= 0.6 is 21.6 Å². The first-order chi connectivity index (χ1) is 10.7. The number of nitrogens with zero attached hydrogens (tertiary/aromatic N) is 1. The number of carbonyl (C=O) groups excluding carboxylic acids is 1. The van der Waals surface area contributed by atoms with Crippen molar-refractivity contribution in [3.63, 3.8) is 0 Å². The number of rotatable bonds is 8. The fourth-order valence-corrected chi connectivity index (χ4v) is 3.64. The van der Waals surface area contributed by atoms with Crippen molar-refractivity contribution in [3.8, 4) is 0 Å². The van der Waals surface area contributed by atoms with E-state index in [4.69, 9.17) is 5.11 Å². The van der Waals surface area contributed by atoms with Gasteiger partial charge in [-0.3, -0.25) is 14.6 Å². The second-order valence-corrected chi connectivity index (χ2v) is 7.16. The van der Waals surface area contributed by atoms with E-state index in [1.54, 1.807) is 17.0 Å². The van der Waals surface area contributed by atoms with E-state index in [1.165, 1.54) is 10.8 Å². The van der Waals surface area contributed by atoms with Gasteiger partial charge in [0.05, 0.1) is 17.5 Å².